The number of hydrogen-bond donors (Lipinski definition) is 1. The van der Waals surface area contributed by atoms with Crippen LogP contribution in [0.25, 0.3) is 0 Å². The molecule has 3 heteroatoms. The van der Waals surface area contributed by atoms with Crippen LogP contribution in [0.15, 0.2) is 36.4 Å². The SMILES string of the molecule is CCOc1cc(F)ccc1NC(C)c1ccc(C)cc1C. The Labute approximate surface area is 126 Å². The molecule has 21 heavy (non-hydrogen) atoms. The van der Waals surface area contributed by atoms with Crippen molar-refractivity contribution in [2.75, 3.05) is 11.9 Å². The molecule has 1 unspecified atom stereocenters. The van der Waals surface area contributed by atoms with Crippen LogP contribution in [-0.2, 0) is 0 Å². The Bertz CT molecular complexity index is 625. The van der Waals surface area contributed by atoms with E-state index in [1.54, 1.807) is 6.07 Å². The van der Waals surface area contributed by atoms with E-state index in [1.807, 2.05) is 6.92 Å². The lowest BCUT2D eigenvalue weighted by Gasteiger charge is -2.20. The Balaban J connectivity index is 2.24. The minimum absolute atomic E-state index is 0.121. The van der Waals surface area contributed by atoms with Crippen molar-refractivity contribution in [1.82, 2.24) is 0 Å². The van der Waals surface area contributed by atoms with Crippen molar-refractivity contribution in [3.8, 4) is 5.75 Å². The Morgan fingerprint density at radius 1 is 1.14 bits per heavy atom. The molecule has 0 saturated heterocycles. The molecule has 0 saturated carbocycles. The van der Waals surface area contributed by atoms with E-state index in [0.29, 0.717) is 12.4 Å². The standard InChI is InChI=1S/C18H22FNO/c1-5-21-18-11-15(19)7-9-17(18)20-14(4)16-8-6-12(2)10-13(16)3/h6-11,14,20H,5H2,1-4H3. The van der Waals surface area contributed by atoms with Gasteiger partial charge in [0, 0.05) is 12.1 Å². The van der Waals surface area contributed by atoms with Gasteiger partial charge in [0.25, 0.3) is 0 Å². The van der Waals surface area contributed by atoms with Gasteiger partial charge in [-0.15, -0.1) is 0 Å². The number of benzene rings is 2. The summed E-state index contributed by atoms with van der Waals surface area (Å²) in [5.41, 5.74) is 4.54. The van der Waals surface area contributed by atoms with Crippen LogP contribution in [0.3, 0.4) is 0 Å². The van der Waals surface area contributed by atoms with Gasteiger partial charge in [-0.05, 0) is 51.0 Å². The van der Waals surface area contributed by atoms with Gasteiger partial charge in [0.1, 0.15) is 11.6 Å². The maximum absolute atomic E-state index is 13.3. The zero-order valence-electron chi connectivity index (χ0n) is 13.0. The molecule has 0 heterocycles. The van der Waals surface area contributed by atoms with Crippen LogP contribution >= 0.6 is 0 Å². The van der Waals surface area contributed by atoms with Crippen molar-refractivity contribution >= 4 is 5.69 Å². The molecule has 0 aromatic heterocycles. The lowest BCUT2D eigenvalue weighted by atomic mass is 10.00. The normalized spacial score (nSPS) is 12.0. The van der Waals surface area contributed by atoms with Gasteiger partial charge in [-0.3, -0.25) is 0 Å². The molecule has 0 radical (unpaired) electrons. The molecule has 0 fully saturated rings. The van der Waals surface area contributed by atoms with Gasteiger partial charge in [0.15, 0.2) is 0 Å². The molecule has 112 valence electrons. The number of rotatable bonds is 5. The highest BCUT2D eigenvalue weighted by Crippen LogP contribution is 2.30. The van der Waals surface area contributed by atoms with Crippen LogP contribution in [0.1, 0.15) is 36.6 Å². The fourth-order valence-corrected chi connectivity index (χ4v) is 2.51. The van der Waals surface area contributed by atoms with Crippen molar-refractivity contribution in [2.24, 2.45) is 0 Å². The zero-order valence-corrected chi connectivity index (χ0v) is 13.0. The largest absolute Gasteiger partial charge is 0.492 e. The topological polar surface area (TPSA) is 21.3 Å². The first-order valence-electron chi connectivity index (χ1n) is 7.27. The highest BCUT2D eigenvalue weighted by molar-refractivity contribution is 5.58. The first-order valence-corrected chi connectivity index (χ1v) is 7.27. The van der Waals surface area contributed by atoms with Gasteiger partial charge in [-0.25, -0.2) is 4.39 Å². The van der Waals surface area contributed by atoms with E-state index in [2.05, 4.69) is 44.3 Å². The Morgan fingerprint density at radius 3 is 2.57 bits per heavy atom. The van der Waals surface area contributed by atoms with Crippen LogP contribution in [0.2, 0.25) is 0 Å². The predicted octanol–water partition coefficient (Wildman–Crippen LogP) is 5.01. The fourth-order valence-electron chi connectivity index (χ4n) is 2.51. The molecule has 0 amide bonds. The molecule has 0 aliphatic heterocycles. The number of halogens is 1. The summed E-state index contributed by atoms with van der Waals surface area (Å²) in [5, 5.41) is 3.41. The third-order valence-electron chi connectivity index (χ3n) is 3.51. The average molecular weight is 287 g/mol. The van der Waals surface area contributed by atoms with Crippen molar-refractivity contribution in [2.45, 2.75) is 33.7 Å². The second-order valence-corrected chi connectivity index (χ2v) is 5.30. The molecule has 1 atom stereocenters. The molecule has 0 aliphatic carbocycles. The van der Waals surface area contributed by atoms with Gasteiger partial charge in [-0.2, -0.15) is 0 Å². The van der Waals surface area contributed by atoms with Crippen molar-refractivity contribution in [1.29, 1.82) is 0 Å². The van der Waals surface area contributed by atoms with Gasteiger partial charge in [0.05, 0.1) is 12.3 Å². The molecule has 1 N–H and O–H groups in total. The molecule has 2 rings (SSSR count). The van der Waals surface area contributed by atoms with Crippen LogP contribution < -0.4 is 10.1 Å². The summed E-state index contributed by atoms with van der Waals surface area (Å²) in [5.74, 6) is 0.261. The van der Waals surface area contributed by atoms with Gasteiger partial charge >= 0.3 is 0 Å². The van der Waals surface area contributed by atoms with E-state index < -0.39 is 0 Å². The number of nitrogens with one attached hydrogen (secondary N) is 1. The van der Waals surface area contributed by atoms with Crippen LogP contribution in [-0.4, -0.2) is 6.61 Å². The van der Waals surface area contributed by atoms with E-state index in [0.717, 1.165) is 5.69 Å². The number of anilines is 1. The minimum Gasteiger partial charge on any atom is -0.492 e. The maximum Gasteiger partial charge on any atom is 0.145 e. The molecular formula is C18H22FNO. The van der Waals surface area contributed by atoms with Crippen molar-refractivity contribution < 1.29 is 9.13 Å². The highest BCUT2D eigenvalue weighted by atomic mass is 19.1. The van der Waals surface area contributed by atoms with Crippen molar-refractivity contribution in [3.05, 3.63) is 58.9 Å². The maximum atomic E-state index is 13.3. The first kappa shape index (κ1) is 15.4. The molecular weight excluding hydrogens is 265 g/mol. The smallest absolute Gasteiger partial charge is 0.145 e. The summed E-state index contributed by atoms with van der Waals surface area (Å²) in [4.78, 5) is 0. The summed E-state index contributed by atoms with van der Waals surface area (Å²) in [6.07, 6.45) is 0. The average Bonchev–Trinajstić information content (AvgIpc) is 2.42. The molecule has 2 nitrogen and oxygen atoms in total. The molecule has 0 aliphatic rings. The number of hydrogen-bond acceptors (Lipinski definition) is 2. The van der Waals surface area contributed by atoms with Crippen LogP contribution in [0, 0.1) is 19.7 Å². The fraction of sp³-hybridized carbons (Fsp3) is 0.333. The Kier molecular flexibility index (Phi) is 4.84. The van der Waals surface area contributed by atoms with E-state index in [1.165, 1.54) is 28.8 Å². The van der Waals surface area contributed by atoms with Gasteiger partial charge in [0.2, 0.25) is 0 Å². The predicted molar refractivity (Wildman–Crippen MR) is 85.5 cm³/mol. The third kappa shape index (κ3) is 3.75. The second-order valence-electron chi connectivity index (χ2n) is 5.30. The number of aryl methyl sites for hydroxylation is 2. The summed E-state index contributed by atoms with van der Waals surface area (Å²) in [6.45, 7) is 8.69. The van der Waals surface area contributed by atoms with Crippen LogP contribution in [0.5, 0.6) is 5.75 Å². The lowest BCUT2D eigenvalue weighted by Crippen LogP contribution is -2.10. The van der Waals surface area contributed by atoms with Gasteiger partial charge in [-0.1, -0.05) is 23.8 Å². The highest BCUT2D eigenvalue weighted by Gasteiger charge is 2.12. The lowest BCUT2D eigenvalue weighted by molar-refractivity contribution is 0.339. The summed E-state index contributed by atoms with van der Waals surface area (Å²) in [6, 6.07) is 11.1. The summed E-state index contributed by atoms with van der Waals surface area (Å²) >= 11 is 0. The Morgan fingerprint density at radius 2 is 1.90 bits per heavy atom. The minimum atomic E-state index is -0.289. The molecule has 0 spiro atoms. The van der Waals surface area contributed by atoms with E-state index >= 15 is 0 Å². The van der Waals surface area contributed by atoms with Crippen molar-refractivity contribution in [3.63, 3.8) is 0 Å². The summed E-state index contributed by atoms with van der Waals surface area (Å²) < 4.78 is 18.8. The quantitative estimate of drug-likeness (QED) is 0.834. The molecule has 0 bridgehead atoms. The second kappa shape index (κ2) is 6.61. The van der Waals surface area contributed by atoms with E-state index in [4.69, 9.17) is 4.74 Å². The molecule has 2 aromatic rings. The first-order chi connectivity index (χ1) is 10.0. The van der Waals surface area contributed by atoms with Gasteiger partial charge < -0.3 is 10.1 Å². The third-order valence-corrected chi connectivity index (χ3v) is 3.51. The Hall–Kier alpha value is -2.03. The number of ether oxygens (including phenoxy) is 1. The van der Waals surface area contributed by atoms with Crippen LogP contribution in [0.4, 0.5) is 10.1 Å². The molecule has 2 aromatic carbocycles. The zero-order chi connectivity index (χ0) is 15.4. The van der Waals surface area contributed by atoms with E-state index in [9.17, 15) is 4.39 Å². The van der Waals surface area contributed by atoms with E-state index in [-0.39, 0.29) is 11.9 Å². The summed E-state index contributed by atoms with van der Waals surface area (Å²) in [7, 11) is 0. The monoisotopic (exact) mass is 287 g/mol.